The van der Waals surface area contributed by atoms with Crippen molar-refractivity contribution in [3.63, 3.8) is 0 Å². The van der Waals surface area contributed by atoms with E-state index in [-0.39, 0.29) is 11.7 Å². The van der Waals surface area contributed by atoms with Crippen LogP contribution in [0.2, 0.25) is 0 Å². The number of amides is 1. The third-order valence-corrected chi connectivity index (χ3v) is 3.07. The zero-order valence-corrected chi connectivity index (χ0v) is 13.3. The maximum Gasteiger partial charge on any atom is 0.221 e. The van der Waals surface area contributed by atoms with Gasteiger partial charge in [-0.1, -0.05) is 30.3 Å². The molecule has 4 nitrogen and oxygen atoms in total. The molecular weight excluding hydrogens is 276 g/mol. The minimum atomic E-state index is -0.115. The number of phenols is 1. The van der Waals surface area contributed by atoms with E-state index in [1.54, 1.807) is 12.1 Å². The number of aromatic hydroxyl groups is 1. The van der Waals surface area contributed by atoms with Gasteiger partial charge in [-0.3, -0.25) is 4.79 Å². The molecular formula is C18H24N2O2. The number of benzene rings is 2. The summed E-state index contributed by atoms with van der Waals surface area (Å²) in [5.41, 5.74) is 2.09. The van der Waals surface area contributed by atoms with E-state index >= 15 is 0 Å². The van der Waals surface area contributed by atoms with Gasteiger partial charge in [0.2, 0.25) is 5.91 Å². The number of carbonyl (C=O) groups excluding carboxylic acids is 1. The van der Waals surface area contributed by atoms with Crippen LogP contribution in [-0.2, 0) is 11.2 Å². The first-order valence-electron chi connectivity index (χ1n) is 7.29. The second-order valence-electron chi connectivity index (χ2n) is 5.11. The van der Waals surface area contributed by atoms with E-state index in [9.17, 15) is 4.79 Å². The van der Waals surface area contributed by atoms with Gasteiger partial charge in [-0.25, -0.2) is 0 Å². The summed E-state index contributed by atoms with van der Waals surface area (Å²) in [7, 11) is 1.99. The third-order valence-electron chi connectivity index (χ3n) is 3.07. The smallest absolute Gasteiger partial charge is 0.221 e. The maximum absolute atomic E-state index is 10.5. The molecule has 1 amide bonds. The Balaban J connectivity index is 0.000000220. The summed E-state index contributed by atoms with van der Waals surface area (Å²) in [5, 5.41) is 14.7. The van der Waals surface area contributed by atoms with Gasteiger partial charge in [-0.05, 0) is 50.2 Å². The first kappa shape index (κ1) is 17.7. The number of phenolic OH excluding ortho intramolecular Hbond substituents is 1. The van der Waals surface area contributed by atoms with Crippen molar-refractivity contribution in [3.05, 3.63) is 60.2 Å². The molecule has 118 valence electrons. The summed E-state index contributed by atoms with van der Waals surface area (Å²) in [6.07, 6.45) is 1.11. The highest BCUT2D eigenvalue weighted by molar-refractivity contribution is 5.88. The fourth-order valence-corrected chi connectivity index (χ4v) is 1.82. The summed E-state index contributed by atoms with van der Waals surface area (Å²) in [5.74, 6) is 0.0785. The van der Waals surface area contributed by atoms with Gasteiger partial charge < -0.3 is 15.7 Å². The monoisotopic (exact) mass is 300 g/mol. The SMILES string of the molecule is CC(=O)Nc1ccc(O)cc1.CNC(C)Cc1ccccc1. The number of anilines is 1. The van der Waals surface area contributed by atoms with Crippen molar-refractivity contribution < 1.29 is 9.90 Å². The van der Waals surface area contributed by atoms with Gasteiger partial charge >= 0.3 is 0 Å². The minimum absolute atomic E-state index is 0.115. The van der Waals surface area contributed by atoms with E-state index in [0.29, 0.717) is 11.7 Å². The summed E-state index contributed by atoms with van der Waals surface area (Å²) in [6, 6.07) is 17.4. The molecule has 0 saturated heterocycles. The Morgan fingerprint density at radius 3 is 2.18 bits per heavy atom. The molecule has 0 fully saturated rings. The first-order chi connectivity index (χ1) is 10.5. The van der Waals surface area contributed by atoms with Crippen molar-refractivity contribution in [2.24, 2.45) is 0 Å². The number of nitrogens with one attached hydrogen (secondary N) is 2. The number of likely N-dealkylation sites (N-methyl/N-ethyl adjacent to an activating group) is 1. The quantitative estimate of drug-likeness (QED) is 0.760. The van der Waals surface area contributed by atoms with Crippen molar-refractivity contribution in [2.75, 3.05) is 12.4 Å². The van der Waals surface area contributed by atoms with Crippen LogP contribution in [0, 0.1) is 0 Å². The van der Waals surface area contributed by atoms with Crippen molar-refractivity contribution in [3.8, 4) is 5.75 Å². The Morgan fingerprint density at radius 2 is 1.68 bits per heavy atom. The van der Waals surface area contributed by atoms with Crippen LogP contribution in [-0.4, -0.2) is 24.1 Å². The number of hydrogen-bond donors (Lipinski definition) is 3. The predicted molar refractivity (Wildman–Crippen MR) is 91.1 cm³/mol. The molecule has 0 saturated carbocycles. The molecule has 3 N–H and O–H groups in total. The zero-order chi connectivity index (χ0) is 16.4. The van der Waals surface area contributed by atoms with Crippen LogP contribution in [0.15, 0.2) is 54.6 Å². The summed E-state index contributed by atoms with van der Waals surface area (Å²) in [6.45, 7) is 3.62. The van der Waals surface area contributed by atoms with E-state index in [1.165, 1.54) is 24.6 Å². The van der Waals surface area contributed by atoms with Crippen LogP contribution >= 0.6 is 0 Å². The molecule has 0 heterocycles. The van der Waals surface area contributed by atoms with Crippen LogP contribution in [0.4, 0.5) is 5.69 Å². The highest BCUT2D eigenvalue weighted by Crippen LogP contribution is 2.13. The molecule has 0 aliphatic carbocycles. The molecule has 0 aliphatic rings. The first-order valence-corrected chi connectivity index (χ1v) is 7.29. The fraction of sp³-hybridized carbons (Fsp3) is 0.278. The Morgan fingerprint density at radius 1 is 1.09 bits per heavy atom. The Kier molecular flexibility index (Phi) is 7.72. The van der Waals surface area contributed by atoms with E-state index in [0.717, 1.165) is 6.42 Å². The average Bonchev–Trinajstić information content (AvgIpc) is 2.51. The molecule has 4 heteroatoms. The molecule has 1 atom stereocenters. The van der Waals surface area contributed by atoms with Gasteiger partial charge in [0.05, 0.1) is 0 Å². The van der Waals surface area contributed by atoms with Gasteiger partial charge in [0.25, 0.3) is 0 Å². The van der Waals surface area contributed by atoms with Crippen LogP contribution in [0.5, 0.6) is 5.75 Å². The Hall–Kier alpha value is -2.33. The Bertz CT molecular complexity index is 553. The van der Waals surface area contributed by atoms with Crippen LogP contribution in [0.1, 0.15) is 19.4 Å². The van der Waals surface area contributed by atoms with Crippen LogP contribution < -0.4 is 10.6 Å². The highest BCUT2D eigenvalue weighted by Gasteiger charge is 1.97. The predicted octanol–water partition coefficient (Wildman–Crippen LogP) is 3.19. The summed E-state index contributed by atoms with van der Waals surface area (Å²) < 4.78 is 0. The van der Waals surface area contributed by atoms with Gasteiger partial charge in [0, 0.05) is 18.7 Å². The Labute approximate surface area is 132 Å². The standard InChI is InChI=1S/C10H15N.C8H9NO2/c1-9(11-2)8-10-6-4-3-5-7-10;1-6(10)9-7-2-4-8(11)5-3-7/h3-7,9,11H,8H2,1-2H3;2-5,11H,1H3,(H,9,10). The lowest BCUT2D eigenvalue weighted by atomic mass is 10.1. The second-order valence-corrected chi connectivity index (χ2v) is 5.11. The molecule has 2 aromatic carbocycles. The topological polar surface area (TPSA) is 61.4 Å². The fourth-order valence-electron chi connectivity index (χ4n) is 1.82. The lowest BCUT2D eigenvalue weighted by Crippen LogP contribution is -2.23. The van der Waals surface area contributed by atoms with E-state index in [1.807, 2.05) is 13.1 Å². The lowest BCUT2D eigenvalue weighted by Gasteiger charge is -2.08. The molecule has 2 aromatic rings. The van der Waals surface area contributed by atoms with E-state index in [4.69, 9.17) is 5.11 Å². The normalized spacial score (nSPS) is 11.0. The average molecular weight is 300 g/mol. The lowest BCUT2D eigenvalue weighted by molar-refractivity contribution is -0.114. The van der Waals surface area contributed by atoms with Crippen molar-refractivity contribution in [1.82, 2.24) is 5.32 Å². The zero-order valence-electron chi connectivity index (χ0n) is 13.3. The number of hydrogen-bond acceptors (Lipinski definition) is 3. The van der Waals surface area contributed by atoms with Crippen molar-refractivity contribution >= 4 is 11.6 Å². The van der Waals surface area contributed by atoms with Crippen LogP contribution in [0.25, 0.3) is 0 Å². The van der Waals surface area contributed by atoms with E-state index in [2.05, 4.69) is 41.8 Å². The van der Waals surface area contributed by atoms with E-state index < -0.39 is 0 Å². The maximum atomic E-state index is 10.5. The molecule has 0 spiro atoms. The van der Waals surface area contributed by atoms with Gasteiger partial charge in [-0.2, -0.15) is 0 Å². The largest absolute Gasteiger partial charge is 0.508 e. The molecule has 0 bridgehead atoms. The molecule has 0 radical (unpaired) electrons. The number of carbonyl (C=O) groups is 1. The molecule has 0 aliphatic heterocycles. The summed E-state index contributed by atoms with van der Waals surface area (Å²) >= 11 is 0. The highest BCUT2D eigenvalue weighted by atomic mass is 16.3. The molecule has 0 aromatic heterocycles. The minimum Gasteiger partial charge on any atom is -0.508 e. The van der Waals surface area contributed by atoms with Crippen molar-refractivity contribution in [2.45, 2.75) is 26.3 Å². The molecule has 22 heavy (non-hydrogen) atoms. The van der Waals surface area contributed by atoms with Gasteiger partial charge in [0.15, 0.2) is 0 Å². The van der Waals surface area contributed by atoms with Crippen molar-refractivity contribution in [1.29, 1.82) is 0 Å². The second kappa shape index (κ2) is 9.58. The molecule has 1 unspecified atom stereocenters. The third kappa shape index (κ3) is 7.45. The van der Waals surface area contributed by atoms with Gasteiger partial charge in [-0.15, -0.1) is 0 Å². The van der Waals surface area contributed by atoms with Gasteiger partial charge in [0.1, 0.15) is 5.75 Å². The summed E-state index contributed by atoms with van der Waals surface area (Å²) in [4.78, 5) is 10.5. The molecule has 2 rings (SSSR count). The number of rotatable bonds is 4. The van der Waals surface area contributed by atoms with Crippen LogP contribution in [0.3, 0.4) is 0 Å².